The Bertz CT molecular complexity index is 437. The molecule has 0 aromatic carbocycles. The van der Waals surface area contributed by atoms with Gasteiger partial charge in [0, 0.05) is 0 Å². The van der Waals surface area contributed by atoms with Crippen LogP contribution in [-0.4, -0.2) is 55.9 Å². The Kier molecular flexibility index (Phi) is 17.1. The van der Waals surface area contributed by atoms with Crippen LogP contribution in [0.5, 0.6) is 0 Å². The first-order chi connectivity index (χ1) is 13.7. The van der Waals surface area contributed by atoms with Crippen LogP contribution >= 0.6 is 7.82 Å². The number of phosphoric acid groups is 1. The van der Waals surface area contributed by atoms with Crippen molar-refractivity contribution in [1.29, 1.82) is 0 Å². The summed E-state index contributed by atoms with van der Waals surface area (Å²) in [6.45, 7) is 2.32. The molecule has 0 heterocycles. The first-order valence-electron chi connectivity index (χ1n) is 9.36. The highest BCUT2D eigenvalue weighted by Crippen LogP contribution is 2.46. The molecule has 0 aliphatic heterocycles. The fourth-order valence-electron chi connectivity index (χ4n) is 1.62. The minimum absolute atomic E-state index is 1.22. The van der Waals surface area contributed by atoms with Gasteiger partial charge in [0.2, 0.25) is 0 Å². The number of phosphoric ester groups is 1. The van der Waals surface area contributed by atoms with Crippen LogP contribution in [-0.2, 0) is 13.6 Å². The standard InChI is InChI=1S/C10H23N.C6H7F8O4P/c1-3-5-7-9-11-10-8-6-4-2;7-3(8)5(11,12)1-17-19(15,16)18-2-6(13,14)4(9)10/h11H,3-10H2,1-2H3;3-4H,1-2H2,(H,15,16). The van der Waals surface area contributed by atoms with Crippen molar-refractivity contribution in [2.75, 3.05) is 26.3 Å². The van der Waals surface area contributed by atoms with Crippen LogP contribution < -0.4 is 5.32 Å². The monoisotopic (exact) mass is 483 g/mol. The Labute approximate surface area is 171 Å². The fourth-order valence-corrected chi connectivity index (χ4v) is 2.37. The van der Waals surface area contributed by atoms with Gasteiger partial charge in [-0.2, -0.15) is 17.6 Å². The lowest BCUT2D eigenvalue weighted by Gasteiger charge is -2.20. The van der Waals surface area contributed by atoms with Crippen LogP contribution in [0.2, 0.25) is 0 Å². The third-order valence-corrected chi connectivity index (χ3v) is 4.30. The maximum absolute atomic E-state index is 12.2. The molecule has 0 saturated carbocycles. The zero-order valence-corrected chi connectivity index (χ0v) is 17.8. The minimum atomic E-state index is -5.59. The molecule has 0 rings (SSSR count). The number of nitrogens with one attached hydrogen (secondary N) is 1. The SMILES string of the molecule is CCCCCNCCCCC.O=P(O)(OCC(F)(F)C(F)F)OCC(F)(F)C(F)F. The molecule has 0 aliphatic rings. The summed E-state index contributed by atoms with van der Waals surface area (Å²) >= 11 is 0. The van der Waals surface area contributed by atoms with Crippen molar-refractivity contribution in [1.82, 2.24) is 5.32 Å². The van der Waals surface area contributed by atoms with E-state index in [1.807, 2.05) is 0 Å². The molecule has 0 spiro atoms. The van der Waals surface area contributed by atoms with E-state index in [2.05, 4.69) is 28.2 Å². The van der Waals surface area contributed by atoms with Crippen LogP contribution in [0.3, 0.4) is 0 Å². The maximum Gasteiger partial charge on any atom is 0.472 e. The summed E-state index contributed by atoms with van der Waals surface area (Å²) < 4.78 is 113. The Morgan fingerprint density at radius 2 is 1.13 bits per heavy atom. The predicted octanol–water partition coefficient (Wildman–Crippen LogP) is 5.88. The van der Waals surface area contributed by atoms with Gasteiger partial charge >= 0.3 is 32.5 Å². The van der Waals surface area contributed by atoms with Crippen molar-refractivity contribution in [2.45, 2.75) is 77.1 Å². The second-order valence-electron chi connectivity index (χ2n) is 6.30. The Morgan fingerprint density at radius 3 is 1.40 bits per heavy atom. The normalized spacial score (nSPS) is 13.0. The van der Waals surface area contributed by atoms with Crippen molar-refractivity contribution in [2.24, 2.45) is 0 Å². The van der Waals surface area contributed by atoms with Crippen LogP contribution in [0.1, 0.15) is 52.4 Å². The third-order valence-electron chi connectivity index (χ3n) is 3.39. The summed E-state index contributed by atoms with van der Waals surface area (Å²) in [4.78, 5) is 8.56. The predicted molar refractivity (Wildman–Crippen MR) is 95.6 cm³/mol. The van der Waals surface area contributed by atoms with E-state index in [9.17, 15) is 39.7 Å². The van der Waals surface area contributed by atoms with Gasteiger partial charge < -0.3 is 10.2 Å². The summed E-state index contributed by atoms with van der Waals surface area (Å²) in [5, 5.41) is 3.46. The van der Waals surface area contributed by atoms with Gasteiger partial charge in [0.05, 0.1) is 0 Å². The summed E-state index contributed by atoms with van der Waals surface area (Å²) in [6.07, 6.45) is -0.370. The van der Waals surface area contributed by atoms with Gasteiger partial charge in [-0.15, -0.1) is 0 Å². The average molecular weight is 483 g/mol. The quantitative estimate of drug-likeness (QED) is 0.163. The molecule has 0 unspecified atom stereocenters. The summed E-state index contributed by atoms with van der Waals surface area (Å²) in [5.41, 5.74) is 0. The Morgan fingerprint density at radius 1 is 0.800 bits per heavy atom. The Hall–Kier alpha value is -0.490. The molecule has 5 nitrogen and oxygen atoms in total. The molecule has 0 radical (unpaired) electrons. The highest BCUT2D eigenvalue weighted by Gasteiger charge is 2.46. The first-order valence-corrected chi connectivity index (χ1v) is 10.9. The number of halogens is 8. The van der Waals surface area contributed by atoms with Gasteiger partial charge in [-0.25, -0.2) is 22.1 Å². The van der Waals surface area contributed by atoms with Gasteiger partial charge in [0.1, 0.15) is 13.2 Å². The third kappa shape index (κ3) is 17.2. The average Bonchev–Trinajstić information content (AvgIpc) is 2.65. The van der Waals surface area contributed by atoms with Crippen LogP contribution in [0.15, 0.2) is 0 Å². The van der Waals surface area contributed by atoms with Crippen molar-refractivity contribution < 1.29 is 53.6 Å². The molecule has 184 valence electrons. The van der Waals surface area contributed by atoms with Crippen LogP contribution in [0, 0.1) is 0 Å². The lowest BCUT2D eigenvalue weighted by atomic mass is 10.2. The number of rotatable bonds is 16. The fraction of sp³-hybridized carbons (Fsp3) is 1.00. The van der Waals surface area contributed by atoms with E-state index in [-0.39, 0.29) is 0 Å². The van der Waals surface area contributed by atoms with E-state index in [1.54, 1.807) is 0 Å². The van der Waals surface area contributed by atoms with Crippen LogP contribution in [0.25, 0.3) is 0 Å². The molecular weight excluding hydrogens is 453 g/mol. The molecule has 14 heteroatoms. The Balaban J connectivity index is 0. The molecule has 0 aromatic heterocycles. The van der Waals surface area contributed by atoms with E-state index in [0.29, 0.717) is 0 Å². The molecule has 0 aromatic rings. The van der Waals surface area contributed by atoms with Crippen molar-refractivity contribution in [3.63, 3.8) is 0 Å². The molecule has 0 fully saturated rings. The van der Waals surface area contributed by atoms with Crippen molar-refractivity contribution >= 4 is 7.82 Å². The smallest absolute Gasteiger partial charge is 0.317 e. The van der Waals surface area contributed by atoms with Crippen molar-refractivity contribution in [3.05, 3.63) is 0 Å². The zero-order chi connectivity index (χ0) is 23.8. The lowest BCUT2D eigenvalue weighted by molar-refractivity contribution is -0.161. The number of alkyl halides is 8. The van der Waals surface area contributed by atoms with Gasteiger partial charge in [-0.3, -0.25) is 9.05 Å². The van der Waals surface area contributed by atoms with E-state index in [0.717, 1.165) is 0 Å². The summed E-state index contributed by atoms with van der Waals surface area (Å²) in [5.74, 6) is -9.65. The molecule has 0 amide bonds. The summed E-state index contributed by atoms with van der Waals surface area (Å²) in [7, 11) is -5.59. The van der Waals surface area contributed by atoms with Gasteiger partial charge in [-0.1, -0.05) is 39.5 Å². The molecule has 0 atom stereocenters. The zero-order valence-electron chi connectivity index (χ0n) is 16.9. The molecule has 30 heavy (non-hydrogen) atoms. The summed E-state index contributed by atoms with van der Waals surface area (Å²) in [6, 6.07) is 0. The molecular formula is C16H30F8NO4P. The lowest BCUT2D eigenvalue weighted by Crippen LogP contribution is -2.33. The van der Waals surface area contributed by atoms with E-state index in [4.69, 9.17) is 4.89 Å². The van der Waals surface area contributed by atoms with E-state index < -0.39 is 45.7 Å². The first kappa shape index (κ1) is 31.7. The molecule has 0 aliphatic carbocycles. The highest BCUT2D eigenvalue weighted by molar-refractivity contribution is 7.47. The van der Waals surface area contributed by atoms with E-state index >= 15 is 0 Å². The van der Waals surface area contributed by atoms with Gasteiger partial charge in [-0.05, 0) is 25.9 Å². The van der Waals surface area contributed by atoms with E-state index in [1.165, 1.54) is 51.6 Å². The number of hydrogen-bond acceptors (Lipinski definition) is 4. The number of unbranched alkanes of at least 4 members (excludes halogenated alkanes) is 4. The largest absolute Gasteiger partial charge is 0.472 e. The molecule has 0 bridgehead atoms. The van der Waals surface area contributed by atoms with Crippen LogP contribution in [0.4, 0.5) is 35.1 Å². The van der Waals surface area contributed by atoms with Gasteiger partial charge in [0.25, 0.3) is 0 Å². The molecule has 0 saturated heterocycles. The topological polar surface area (TPSA) is 67.8 Å². The maximum atomic E-state index is 12.2. The number of hydrogen-bond donors (Lipinski definition) is 2. The second kappa shape index (κ2) is 16.2. The van der Waals surface area contributed by atoms with Gasteiger partial charge in [0.15, 0.2) is 0 Å². The molecule has 2 N–H and O–H groups in total. The second-order valence-corrected chi connectivity index (χ2v) is 7.76. The highest BCUT2D eigenvalue weighted by atomic mass is 31.2. The van der Waals surface area contributed by atoms with Crippen molar-refractivity contribution in [3.8, 4) is 0 Å². The minimum Gasteiger partial charge on any atom is -0.317 e.